The molecule has 3 heterocycles. The molecule has 12 heteroatoms. The number of H-pyrrole nitrogens is 1. The Balaban J connectivity index is 1.59. The second-order valence-corrected chi connectivity index (χ2v) is 7.93. The number of alkyl halides is 2. The minimum atomic E-state index is -3.16. The molecule has 35 heavy (non-hydrogen) atoms. The van der Waals surface area contributed by atoms with Gasteiger partial charge in [-0.2, -0.15) is 13.2 Å². The van der Waals surface area contributed by atoms with Crippen molar-refractivity contribution in [2.24, 2.45) is 0 Å². The summed E-state index contributed by atoms with van der Waals surface area (Å²) in [6.45, 7) is -1.04. The smallest absolute Gasteiger partial charge is 0.387 e. The molecule has 0 aliphatic carbocycles. The van der Waals surface area contributed by atoms with Gasteiger partial charge in [0, 0.05) is 37.8 Å². The van der Waals surface area contributed by atoms with Gasteiger partial charge in [-0.15, -0.1) is 0 Å². The molecule has 1 aromatic carbocycles. The van der Waals surface area contributed by atoms with Crippen LogP contribution in [0.4, 0.5) is 17.6 Å². The Morgan fingerprint density at radius 2 is 2.06 bits per heavy atom. The predicted molar refractivity (Wildman–Crippen MR) is 119 cm³/mol. The summed E-state index contributed by atoms with van der Waals surface area (Å²) in [4.78, 5) is 35.4. The highest BCUT2D eigenvalue weighted by Gasteiger charge is 2.22. The summed E-state index contributed by atoms with van der Waals surface area (Å²) in [5.41, 5.74) is -0.223. The number of hydrogen-bond acceptors (Lipinski definition) is 6. The Labute approximate surface area is 196 Å². The highest BCUT2D eigenvalue weighted by atomic mass is 19.3. The maximum absolute atomic E-state index is 15.2. The van der Waals surface area contributed by atoms with Crippen LogP contribution in [0.25, 0.3) is 16.6 Å². The van der Waals surface area contributed by atoms with Gasteiger partial charge in [-0.3, -0.25) is 14.5 Å². The van der Waals surface area contributed by atoms with Crippen LogP contribution in [0.5, 0.6) is 5.75 Å². The van der Waals surface area contributed by atoms with Gasteiger partial charge in [0.25, 0.3) is 11.5 Å². The molecule has 0 fully saturated rings. The number of ether oxygens (including phenoxy) is 1. The quantitative estimate of drug-likeness (QED) is 0.406. The molecule has 1 aliphatic rings. The number of hydrogen-bond donors (Lipinski definition) is 2. The number of aromatic nitrogens is 3. The van der Waals surface area contributed by atoms with Crippen molar-refractivity contribution >= 4 is 22.5 Å². The Morgan fingerprint density at radius 1 is 1.29 bits per heavy atom. The summed E-state index contributed by atoms with van der Waals surface area (Å²) >= 11 is 0. The molecule has 4 rings (SSSR count). The number of aromatic amines is 1. The molecule has 2 N–H and O–H groups in total. The predicted octanol–water partition coefficient (Wildman–Crippen LogP) is 3.16. The van der Waals surface area contributed by atoms with E-state index in [9.17, 15) is 22.8 Å². The largest absolute Gasteiger partial charge is 0.432 e. The SMILES string of the molecule is CNC(=O)c1ccc(C2=CCN(Cc3cc(OC(F)F)c4nc(C)c(=O)[nH]c4c3F)CC2)c(F)n1. The van der Waals surface area contributed by atoms with E-state index in [0.29, 0.717) is 25.1 Å². The van der Waals surface area contributed by atoms with E-state index >= 15 is 4.39 Å². The molecule has 0 radical (unpaired) electrons. The number of carbonyl (C=O) groups is 1. The lowest BCUT2D eigenvalue weighted by molar-refractivity contribution is -0.0490. The van der Waals surface area contributed by atoms with Gasteiger partial charge in [0.15, 0.2) is 11.6 Å². The van der Waals surface area contributed by atoms with Crippen molar-refractivity contribution in [1.82, 2.24) is 25.2 Å². The lowest BCUT2D eigenvalue weighted by Gasteiger charge is -2.27. The summed E-state index contributed by atoms with van der Waals surface area (Å²) in [5, 5.41) is 2.38. The summed E-state index contributed by atoms with van der Waals surface area (Å²) in [7, 11) is 1.42. The number of benzene rings is 1. The highest BCUT2D eigenvalue weighted by Crippen LogP contribution is 2.31. The first-order chi connectivity index (χ1) is 16.7. The first-order valence-corrected chi connectivity index (χ1v) is 10.6. The minimum Gasteiger partial charge on any atom is -0.432 e. The zero-order valence-electron chi connectivity index (χ0n) is 18.8. The standard InChI is InChI=1S/C23H21F4N5O3/c1-11-21(33)31-19-17(24)13(9-16(18(19)29-11)35-23(26)27)10-32-7-5-12(6-8-32)14-3-4-15(22(34)28-2)30-20(14)25/h3-5,9,23H,6-8,10H2,1-2H3,(H,28,34)(H,31,33). The fraction of sp³-hybridized carbons (Fsp3) is 0.304. The summed E-state index contributed by atoms with van der Waals surface area (Å²) < 4.78 is 60.1. The van der Waals surface area contributed by atoms with Gasteiger partial charge in [0.2, 0.25) is 5.95 Å². The number of amides is 1. The monoisotopic (exact) mass is 491 g/mol. The normalized spacial score (nSPS) is 14.3. The molecular formula is C23H21F4N5O3. The van der Waals surface area contributed by atoms with Crippen LogP contribution in [0.15, 0.2) is 29.1 Å². The van der Waals surface area contributed by atoms with Gasteiger partial charge in [-0.1, -0.05) is 6.08 Å². The number of carbonyl (C=O) groups excluding carboxylic acids is 1. The van der Waals surface area contributed by atoms with E-state index in [1.54, 1.807) is 6.08 Å². The molecule has 184 valence electrons. The van der Waals surface area contributed by atoms with E-state index in [1.165, 1.54) is 26.1 Å². The fourth-order valence-corrected chi connectivity index (χ4v) is 3.89. The average molecular weight is 491 g/mol. The number of rotatable bonds is 6. The van der Waals surface area contributed by atoms with Gasteiger partial charge in [-0.05, 0) is 37.1 Å². The first-order valence-electron chi connectivity index (χ1n) is 10.6. The van der Waals surface area contributed by atoms with Gasteiger partial charge in [0.1, 0.15) is 22.4 Å². The number of pyridine rings is 1. The maximum Gasteiger partial charge on any atom is 0.387 e. The van der Waals surface area contributed by atoms with Gasteiger partial charge in [-0.25, -0.2) is 14.4 Å². The van der Waals surface area contributed by atoms with Crippen LogP contribution < -0.4 is 15.6 Å². The maximum atomic E-state index is 15.2. The van der Waals surface area contributed by atoms with E-state index in [1.807, 2.05) is 4.90 Å². The van der Waals surface area contributed by atoms with Crippen LogP contribution in [0.2, 0.25) is 0 Å². The topological polar surface area (TPSA) is 100 Å². The van der Waals surface area contributed by atoms with E-state index in [4.69, 9.17) is 0 Å². The van der Waals surface area contributed by atoms with Crippen molar-refractivity contribution in [3.8, 4) is 5.75 Å². The molecule has 0 spiro atoms. The minimum absolute atomic E-state index is 0.0115. The third-order valence-corrected chi connectivity index (χ3v) is 5.68. The third-order valence-electron chi connectivity index (χ3n) is 5.68. The van der Waals surface area contributed by atoms with Crippen LogP contribution in [0.3, 0.4) is 0 Å². The molecule has 3 aromatic rings. The second kappa shape index (κ2) is 9.82. The Bertz CT molecular complexity index is 1390. The summed E-state index contributed by atoms with van der Waals surface area (Å²) in [5.74, 6) is -2.41. The number of nitrogens with zero attached hydrogens (tertiary/aromatic N) is 3. The number of halogens is 4. The van der Waals surface area contributed by atoms with Crippen LogP contribution >= 0.6 is 0 Å². The zero-order chi connectivity index (χ0) is 25.3. The number of fused-ring (bicyclic) bond motifs is 1. The second-order valence-electron chi connectivity index (χ2n) is 7.93. The van der Waals surface area contributed by atoms with Crippen molar-refractivity contribution in [3.05, 3.63) is 68.9 Å². The first kappa shape index (κ1) is 24.3. The molecule has 0 bridgehead atoms. The molecular weight excluding hydrogens is 470 g/mol. The number of nitrogens with one attached hydrogen (secondary N) is 2. The van der Waals surface area contributed by atoms with Crippen molar-refractivity contribution < 1.29 is 27.1 Å². The van der Waals surface area contributed by atoms with E-state index < -0.39 is 29.8 Å². The Morgan fingerprint density at radius 3 is 2.69 bits per heavy atom. The average Bonchev–Trinajstić information content (AvgIpc) is 2.83. The van der Waals surface area contributed by atoms with E-state index in [0.717, 1.165) is 6.07 Å². The molecule has 1 aliphatic heterocycles. The third kappa shape index (κ3) is 5.02. The van der Waals surface area contributed by atoms with Crippen molar-refractivity contribution in [1.29, 1.82) is 0 Å². The van der Waals surface area contributed by atoms with Gasteiger partial charge >= 0.3 is 6.61 Å². The lowest BCUT2D eigenvalue weighted by Crippen LogP contribution is -2.29. The van der Waals surface area contributed by atoms with E-state index in [-0.39, 0.29) is 45.8 Å². The zero-order valence-corrected chi connectivity index (χ0v) is 18.8. The highest BCUT2D eigenvalue weighted by molar-refractivity contribution is 5.92. The van der Waals surface area contributed by atoms with Crippen molar-refractivity contribution in [2.45, 2.75) is 26.5 Å². The van der Waals surface area contributed by atoms with E-state index in [2.05, 4.69) is 25.0 Å². The van der Waals surface area contributed by atoms with Crippen LogP contribution in [-0.2, 0) is 6.54 Å². The molecule has 2 aromatic heterocycles. The molecule has 0 atom stereocenters. The van der Waals surface area contributed by atoms with Gasteiger partial charge < -0.3 is 15.0 Å². The fourth-order valence-electron chi connectivity index (χ4n) is 3.89. The molecule has 0 saturated heterocycles. The summed E-state index contributed by atoms with van der Waals surface area (Å²) in [6, 6.07) is 4.06. The van der Waals surface area contributed by atoms with Crippen LogP contribution in [-0.4, -0.2) is 52.5 Å². The summed E-state index contributed by atoms with van der Waals surface area (Å²) in [6.07, 6.45) is 2.16. The Hall–Kier alpha value is -3.80. The number of aryl methyl sites for hydroxylation is 1. The molecule has 0 unspecified atom stereocenters. The molecule has 8 nitrogen and oxygen atoms in total. The van der Waals surface area contributed by atoms with Crippen LogP contribution in [0, 0.1) is 18.7 Å². The van der Waals surface area contributed by atoms with Crippen LogP contribution in [0.1, 0.15) is 33.7 Å². The van der Waals surface area contributed by atoms with Gasteiger partial charge in [0.05, 0.1) is 0 Å². The van der Waals surface area contributed by atoms with Crippen molar-refractivity contribution in [2.75, 3.05) is 20.1 Å². The lowest BCUT2D eigenvalue weighted by atomic mass is 9.99. The van der Waals surface area contributed by atoms with Crippen molar-refractivity contribution in [3.63, 3.8) is 0 Å². The Kier molecular flexibility index (Phi) is 6.83. The molecule has 1 amide bonds. The molecule has 0 saturated carbocycles.